The summed E-state index contributed by atoms with van der Waals surface area (Å²) in [6, 6.07) is 9.00. The fraction of sp³-hybridized carbons (Fsp3) is 0.680. The second-order valence-corrected chi connectivity index (χ2v) is 9.19. The van der Waals surface area contributed by atoms with Crippen LogP contribution in [-0.4, -0.2) is 97.0 Å². The summed E-state index contributed by atoms with van der Waals surface area (Å²) in [4.78, 5) is 32.7. The first kappa shape index (κ1) is 24.4. The number of piperazine rings is 1. The normalized spacial score (nSPS) is 18.7. The lowest BCUT2D eigenvalue weighted by atomic mass is 9.95. The zero-order chi connectivity index (χ0) is 23.1. The van der Waals surface area contributed by atoms with Crippen LogP contribution in [0, 0.1) is 5.92 Å². The molecule has 2 aliphatic rings. The van der Waals surface area contributed by atoms with E-state index in [4.69, 9.17) is 4.74 Å². The highest BCUT2D eigenvalue weighted by molar-refractivity contribution is 5.76. The Kier molecular flexibility index (Phi) is 8.79. The maximum Gasteiger partial charge on any atom is 0.320 e. The van der Waals surface area contributed by atoms with Gasteiger partial charge in [-0.05, 0) is 56.3 Å². The average molecular weight is 445 g/mol. The molecule has 3 amide bonds. The molecule has 7 nitrogen and oxygen atoms in total. The Morgan fingerprint density at radius 3 is 2.09 bits per heavy atom. The molecule has 0 radical (unpaired) electrons. The van der Waals surface area contributed by atoms with E-state index in [9.17, 15) is 9.59 Å². The molecule has 0 spiro atoms. The summed E-state index contributed by atoms with van der Waals surface area (Å²) in [5, 5.41) is 0. The van der Waals surface area contributed by atoms with Crippen molar-refractivity contribution in [3.8, 4) is 5.75 Å². The number of methoxy groups -OCH3 is 1. The molecule has 3 rings (SSSR count). The van der Waals surface area contributed by atoms with Crippen molar-refractivity contribution in [1.82, 2.24) is 19.6 Å². The molecule has 1 atom stereocenters. The van der Waals surface area contributed by atoms with Gasteiger partial charge in [-0.2, -0.15) is 0 Å². The van der Waals surface area contributed by atoms with Gasteiger partial charge in [-0.25, -0.2) is 4.79 Å². The standard InChI is InChI=1S/C25H40N4O3/c1-5-26(20(2)18-22-6-8-24(32-4)9-7-22)19-23-10-12-28(13-11-23)25(31)29-16-14-27(15-17-29)21(3)30/h6-9,20,23H,5,10-19H2,1-4H3. The topological polar surface area (TPSA) is 56.3 Å². The van der Waals surface area contributed by atoms with Crippen LogP contribution in [0.15, 0.2) is 24.3 Å². The van der Waals surface area contributed by atoms with Crippen LogP contribution in [0.1, 0.15) is 39.2 Å². The first-order valence-corrected chi connectivity index (χ1v) is 12.1. The summed E-state index contributed by atoms with van der Waals surface area (Å²) in [5.74, 6) is 1.63. The molecule has 0 N–H and O–H groups in total. The molecule has 1 unspecified atom stereocenters. The summed E-state index contributed by atoms with van der Waals surface area (Å²) in [6.45, 7) is 12.5. The highest BCUT2D eigenvalue weighted by Crippen LogP contribution is 2.22. The van der Waals surface area contributed by atoms with Crippen molar-refractivity contribution in [2.24, 2.45) is 5.92 Å². The summed E-state index contributed by atoms with van der Waals surface area (Å²) in [7, 11) is 1.70. The van der Waals surface area contributed by atoms with Crippen molar-refractivity contribution in [1.29, 1.82) is 0 Å². The molecule has 2 aliphatic heterocycles. The van der Waals surface area contributed by atoms with Crippen LogP contribution in [0.4, 0.5) is 4.79 Å². The Morgan fingerprint density at radius 2 is 1.56 bits per heavy atom. The third-order valence-electron chi connectivity index (χ3n) is 7.09. The molecule has 178 valence electrons. The Hall–Kier alpha value is -2.28. The number of carbonyl (C=O) groups is 2. The van der Waals surface area contributed by atoms with Crippen LogP contribution in [0.25, 0.3) is 0 Å². The van der Waals surface area contributed by atoms with Crippen LogP contribution in [-0.2, 0) is 11.2 Å². The van der Waals surface area contributed by atoms with Crippen molar-refractivity contribution in [2.75, 3.05) is 59.5 Å². The summed E-state index contributed by atoms with van der Waals surface area (Å²) in [5.41, 5.74) is 1.34. The Labute approximate surface area is 193 Å². The summed E-state index contributed by atoms with van der Waals surface area (Å²) < 4.78 is 5.26. The SMILES string of the molecule is CCN(CC1CCN(C(=O)N2CCN(C(C)=O)CC2)CC1)C(C)Cc1ccc(OC)cc1. The second kappa shape index (κ2) is 11.5. The predicted octanol–water partition coefficient (Wildman–Crippen LogP) is 2.94. The van der Waals surface area contributed by atoms with E-state index in [2.05, 4.69) is 30.9 Å². The quantitative estimate of drug-likeness (QED) is 0.649. The highest BCUT2D eigenvalue weighted by atomic mass is 16.5. The number of carbonyl (C=O) groups excluding carboxylic acids is 2. The molecular formula is C25H40N4O3. The number of piperidine rings is 1. The lowest BCUT2D eigenvalue weighted by molar-refractivity contribution is -0.130. The third-order valence-corrected chi connectivity index (χ3v) is 7.09. The molecule has 1 aromatic carbocycles. The van der Waals surface area contributed by atoms with Crippen LogP contribution >= 0.6 is 0 Å². The number of benzene rings is 1. The first-order valence-electron chi connectivity index (χ1n) is 12.1. The molecule has 2 heterocycles. The van der Waals surface area contributed by atoms with Gasteiger partial charge in [0.15, 0.2) is 0 Å². The molecule has 0 bridgehead atoms. The molecule has 32 heavy (non-hydrogen) atoms. The predicted molar refractivity (Wildman–Crippen MR) is 127 cm³/mol. The van der Waals surface area contributed by atoms with Crippen molar-refractivity contribution in [2.45, 2.75) is 46.1 Å². The number of hydrogen-bond donors (Lipinski definition) is 0. The number of ether oxygens (including phenoxy) is 1. The number of rotatable bonds is 7. The minimum atomic E-state index is 0.0969. The number of nitrogens with zero attached hydrogens (tertiary/aromatic N) is 4. The van der Waals surface area contributed by atoms with E-state index in [-0.39, 0.29) is 11.9 Å². The smallest absolute Gasteiger partial charge is 0.320 e. The fourth-order valence-corrected chi connectivity index (χ4v) is 4.90. The second-order valence-electron chi connectivity index (χ2n) is 9.19. The first-order chi connectivity index (χ1) is 15.4. The summed E-state index contributed by atoms with van der Waals surface area (Å²) >= 11 is 0. The molecule has 0 aliphatic carbocycles. The maximum atomic E-state index is 12.9. The van der Waals surface area contributed by atoms with Crippen LogP contribution < -0.4 is 4.74 Å². The molecular weight excluding hydrogens is 404 g/mol. The van der Waals surface area contributed by atoms with Gasteiger partial charge in [0.2, 0.25) is 5.91 Å². The van der Waals surface area contributed by atoms with Crippen molar-refractivity contribution in [3.05, 3.63) is 29.8 Å². The van der Waals surface area contributed by atoms with Gasteiger partial charge < -0.3 is 24.3 Å². The van der Waals surface area contributed by atoms with Crippen LogP contribution in [0.3, 0.4) is 0 Å². The fourth-order valence-electron chi connectivity index (χ4n) is 4.90. The van der Waals surface area contributed by atoms with Gasteiger partial charge in [0.05, 0.1) is 7.11 Å². The largest absolute Gasteiger partial charge is 0.497 e. The number of likely N-dealkylation sites (N-methyl/N-ethyl adjacent to an activating group) is 1. The van der Waals surface area contributed by atoms with E-state index < -0.39 is 0 Å². The molecule has 2 saturated heterocycles. The van der Waals surface area contributed by atoms with E-state index >= 15 is 0 Å². The lowest BCUT2D eigenvalue weighted by Crippen LogP contribution is -2.55. The molecule has 1 aromatic rings. The van der Waals surface area contributed by atoms with Crippen molar-refractivity contribution < 1.29 is 14.3 Å². The number of hydrogen-bond acceptors (Lipinski definition) is 4. The number of amides is 3. The molecule has 2 fully saturated rings. The van der Waals surface area contributed by atoms with Gasteiger partial charge >= 0.3 is 6.03 Å². The minimum absolute atomic E-state index is 0.0969. The van der Waals surface area contributed by atoms with Crippen LogP contribution in [0.2, 0.25) is 0 Å². The third kappa shape index (κ3) is 6.37. The van der Waals surface area contributed by atoms with Crippen molar-refractivity contribution >= 4 is 11.9 Å². The number of likely N-dealkylation sites (tertiary alicyclic amines) is 1. The monoisotopic (exact) mass is 444 g/mol. The zero-order valence-electron chi connectivity index (χ0n) is 20.3. The molecule has 0 aromatic heterocycles. The van der Waals surface area contributed by atoms with E-state index in [1.807, 2.05) is 26.8 Å². The van der Waals surface area contributed by atoms with E-state index in [0.717, 1.165) is 51.2 Å². The van der Waals surface area contributed by atoms with Gasteiger partial charge in [-0.1, -0.05) is 19.1 Å². The molecule has 0 saturated carbocycles. The van der Waals surface area contributed by atoms with Gasteiger partial charge in [0.1, 0.15) is 5.75 Å². The minimum Gasteiger partial charge on any atom is -0.497 e. The van der Waals surface area contributed by atoms with Gasteiger partial charge in [-0.3, -0.25) is 4.79 Å². The number of urea groups is 1. The molecule has 7 heteroatoms. The van der Waals surface area contributed by atoms with Gasteiger partial charge in [0, 0.05) is 58.8 Å². The lowest BCUT2D eigenvalue weighted by Gasteiger charge is -2.40. The Bertz CT molecular complexity index is 738. The average Bonchev–Trinajstić information content (AvgIpc) is 2.83. The Balaban J connectivity index is 1.43. The van der Waals surface area contributed by atoms with Gasteiger partial charge in [-0.15, -0.1) is 0 Å². The Morgan fingerprint density at radius 1 is 1.00 bits per heavy atom. The van der Waals surface area contributed by atoms with Crippen molar-refractivity contribution in [3.63, 3.8) is 0 Å². The van der Waals surface area contributed by atoms with Crippen LogP contribution in [0.5, 0.6) is 5.75 Å². The maximum absolute atomic E-state index is 12.9. The zero-order valence-corrected chi connectivity index (χ0v) is 20.3. The highest BCUT2D eigenvalue weighted by Gasteiger charge is 2.30. The van der Waals surface area contributed by atoms with E-state index in [0.29, 0.717) is 38.1 Å². The van der Waals surface area contributed by atoms with E-state index in [1.165, 1.54) is 5.56 Å². The van der Waals surface area contributed by atoms with Gasteiger partial charge in [0.25, 0.3) is 0 Å². The van der Waals surface area contributed by atoms with E-state index in [1.54, 1.807) is 14.0 Å². The summed E-state index contributed by atoms with van der Waals surface area (Å²) in [6.07, 6.45) is 3.15.